The van der Waals surface area contributed by atoms with Gasteiger partial charge in [0, 0.05) is 50.8 Å². The van der Waals surface area contributed by atoms with Crippen molar-refractivity contribution in [2.45, 2.75) is 25.2 Å². The minimum atomic E-state index is 0.200. The second kappa shape index (κ2) is 4.07. The molecule has 0 aromatic carbocycles. The molecule has 1 saturated carbocycles. The smallest absolute Gasteiger partial charge is 0.257 e. The largest absolute Gasteiger partial charge is 0.338 e. The van der Waals surface area contributed by atoms with Gasteiger partial charge in [0.1, 0.15) is 0 Å². The molecule has 1 aliphatic carbocycles. The molecule has 1 amide bonds. The SMILES string of the molecule is CN1CC2(CCN(C(=O)c3cn(C)nc3C3CC3)C2)C1. The zero-order valence-electron chi connectivity index (χ0n) is 12.3. The lowest BCUT2D eigenvalue weighted by Crippen LogP contribution is -2.55. The Morgan fingerprint density at radius 2 is 2.05 bits per heavy atom. The summed E-state index contributed by atoms with van der Waals surface area (Å²) in [6.45, 7) is 4.11. The first-order valence-electron chi connectivity index (χ1n) is 7.58. The molecule has 5 nitrogen and oxygen atoms in total. The number of likely N-dealkylation sites (tertiary alicyclic amines) is 2. The Kier molecular flexibility index (Phi) is 2.52. The van der Waals surface area contributed by atoms with E-state index in [1.165, 1.54) is 12.8 Å². The van der Waals surface area contributed by atoms with Crippen LogP contribution in [-0.4, -0.2) is 58.7 Å². The fourth-order valence-corrected chi connectivity index (χ4v) is 3.96. The number of amides is 1. The predicted molar refractivity (Wildman–Crippen MR) is 75.6 cm³/mol. The van der Waals surface area contributed by atoms with Crippen LogP contribution in [0.1, 0.15) is 41.2 Å². The second-order valence-corrected chi connectivity index (χ2v) is 7.02. The van der Waals surface area contributed by atoms with E-state index in [0.29, 0.717) is 11.3 Å². The second-order valence-electron chi connectivity index (χ2n) is 7.02. The number of aromatic nitrogens is 2. The monoisotopic (exact) mass is 274 g/mol. The summed E-state index contributed by atoms with van der Waals surface area (Å²) < 4.78 is 1.80. The molecule has 0 bridgehead atoms. The first-order chi connectivity index (χ1) is 9.56. The van der Waals surface area contributed by atoms with Crippen LogP contribution in [0.4, 0.5) is 0 Å². The number of carbonyl (C=O) groups excluding carboxylic acids is 1. The first kappa shape index (κ1) is 12.4. The summed E-state index contributed by atoms with van der Waals surface area (Å²) in [6.07, 6.45) is 5.44. The third-order valence-corrected chi connectivity index (χ3v) is 4.99. The van der Waals surface area contributed by atoms with Crippen molar-refractivity contribution in [3.05, 3.63) is 17.5 Å². The highest BCUT2D eigenvalue weighted by Gasteiger charge is 2.47. The minimum Gasteiger partial charge on any atom is -0.338 e. The Morgan fingerprint density at radius 1 is 1.30 bits per heavy atom. The number of nitrogens with zero attached hydrogens (tertiary/aromatic N) is 4. The molecule has 3 heterocycles. The van der Waals surface area contributed by atoms with Gasteiger partial charge in [0.15, 0.2) is 0 Å². The van der Waals surface area contributed by atoms with Crippen LogP contribution in [0.25, 0.3) is 0 Å². The number of hydrogen-bond donors (Lipinski definition) is 0. The van der Waals surface area contributed by atoms with Gasteiger partial charge in [-0.3, -0.25) is 9.48 Å². The van der Waals surface area contributed by atoms with Crippen molar-refractivity contribution in [2.75, 3.05) is 33.2 Å². The maximum absolute atomic E-state index is 12.8. The van der Waals surface area contributed by atoms with Crippen molar-refractivity contribution in [3.63, 3.8) is 0 Å². The molecule has 108 valence electrons. The minimum absolute atomic E-state index is 0.200. The van der Waals surface area contributed by atoms with Crippen molar-refractivity contribution < 1.29 is 4.79 Å². The van der Waals surface area contributed by atoms with Crippen LogP contribution in [0.5, 0.6) is 0 Å². The molecule has 20 heavy (non-hydrogen) atoms. The van der Waals surface area contributed by atoms with E-state index in [2.05, 4.69) is 21.9 Å². The molecule has 3 fully saturated rings. The van der Waals surface area contributed by atoms with Gasteiger partial charge in [0.2, 0.25) is 0 Å². The normalized spacial score (nSPS) is 25.2. The van der Waals surface area contributed by atoms with Gasteiger partial charge >= 0.3 is 0 Å². The van der Waals surface area contributed by atoms with E-state index < -0.39 is 0 Å². The van der Waals surface area contributed by atoms with E-state index in [1.807, 2.05) is 13.2 Å². The molecule has 0 N–H and O–H groups in total. The van der Waals surface area contributed by atoms with Gasteiger partial charge in [-0.2, -0.15) is 5.10 Å². The van der Waals surface area contributed by atoms with Crippen molar-refractivity contribution in [3.8, 4) is 0 Å². The summed E-state index contributed by atoms with van der Waals surface area (Å²) >= 11 is 0. The average Bonchev–Trinajstić information content (AvgIpc) is 3.01. The molecule has 0 atom stereocenters. The molecule has 2 saturated heterocycles. The zero-order valence-corrected chi connectivity index (χ0v) is 12.3. The van der Waals surface area contributed by atoms with Gasteiger partial charge in [0.05, 0.1) is 11.3 Å². The average molecular weight is 274 g/mol. The molecule has 1 spiro atoms. The van der Waals surface area contributed by atoms with Crippen LogP contribution >= 0.6 is 0 Å². The quantitative estimate of drug-likeness (QED) is 0.810. The summed E-state index contributed by atoms with van der Waals surface area (Å²) in [6, 6.07) is 0. The fourth-order valence-electron chi connectivity index (χ4n) is 3.96. The summed E-state index contributed by atoms with van der Waals surface area (Å²) in [5, 5.41) is 4.51. The third-order valence-electron chi connectivity index (χ3n) is 4.99. The van der Waals surface area contributed by atoms with Crippen LogP contribution in [0.2, 0.25) is 0 Å². The zero-order chi connectivity index (χ0) is 13.9. The van der Waals surface area contributed by atoms with Gasteiger partial charge in [-0.15, -0.1) is 0 Å². The topological polar surface area (TPSA) is 41.4 Å². The van der Waals surface area contributed by atoms with Gasteiger partial charge in [-0.1, -0.05) is 0 Å². The highest BCUT2D eigenvalue weighted by molar-refractivity contribution is 5.95. The van der Waals surface area contributed by atoms with Crippen LogP contribution in [0.15, 0.2) is 6.20 Å². The van der Waals surface area contributed by atoms with E-state index in [-0.39, 0.29) is 5.91 Å². The first-order valence-corrected chi connectivity index (χ1v) is 7.58. The molecule has 4 rings (SSSR count). The molecule has 1 aromatic heterocycles. The van der Waals surface area contributed by atoms with Gasteiger partial charge in [-0.05, 0) is 26.3 Å². The number of aryl methyl sites for hydroxylation is 1. The lowest BCUT2D eigenvalue weighted by Gasteiger charge is -2.46. The highest BCUT2D eigenvalue weighted by Crippen LogP contribution is 2.42. The van der Waals surface area contributed by atoms with E-state index >= 15 is 0 Å². The fraction of sp³-hybridized carbons (Fsp3) is 0.733. The Hall–Kier alpha value is -1.36. The van der Waals surface area contributed by atoms with E-state index in [1.54, 1.807) is 4.68 Å². The molecule has 0 unspecified atom stereocenters. The maximum atomic E-state index is 12.8. The maximum Gasteiger partial charge on any atom is 0.257 e. The molecular formula is C15H22N4O. The Balaban J connectivity index is 1.53. The van der Waals surface area contributed by atoms with Crippen LogP contribution in [-0.2, 0) is 7.05 Å². The molecule has 0 radical (unpaired) electrons. The van der Waals surface area contributed by atoms with Crippen LogP contribution in [0, 0.1) is 5.41 Å². The standard InChI is InChI=1S/C15H22N4O/c1-17-8-15(9-17)5-6-19(10-15)14(20)12-7-18(2)16-13(12)11-3-4-11/h7,11H,3-6,8-10H2,1-2H3. The molecular weight excluding hydrogens is 252 g/mol. The van der Waals surface area contributed by atoms with E-state index in [0.717, 1.165) is 43.9 Å². The summed E-state index contributed by atoms with van der Waals surface area (Å²) in [4.78, 5) is 17.2. The van der Waals surface area contributed by atoms with Crippen molar-refractivity contribution in [2.24, 2.45) is 12.5 Å². The lowest BCUT2D eigenvalue weighted by molar-refractivity contribution is 0.0293. The Labute approximate surface area is 119 Å². The van der Waals surface area contributed by atoms with Crippen LogP contribution < -0.4 is 0 Å². The van der Waals surface area contributed by atoms with Crippen molar-refractivity contribution in [1.29, 1.82) is 0 Å². The Morgan fingerprint density at radius 3 is 2.70 bits per heavy atom. The molecule has 1 aromatic rings. The van der Waals surface area contributed by atoms with Gasteiger partial charge < -0.3 is 9.80 Å². The number of carbonyl (C=O) groups is 1. The van der Waals surface area contributed by atoms with Crippen LogP contribution in [0.3, 0.4) is 0 Å². The van der Waals surface area contributed by atoms with E-state index in [4.69, 9.17) is 0 Å². The molecule has 3 aliphatic rings. The lowest BCUT2D eigenvalue weighted by atomic mass is 9.79. The predicted octanol–water partition coefficient (Wildman–Crippen LogP) is 1.08. The molecule has 5 heteroatoms. The van der Waals surface area contributed by atoms with Crippen molar-refractivity contribution >= 4 is 5.91 Å². The number of rotatable bonds is 2. The summed E-state index contributed by atoms with van der Waals surface area (Å²) in [5.41, 5.74) is 2.26. The third kappa shape index (κ3) is 1.87. The number of hydrogen-bond acceptors (Lipinski definition) is 3. The summed E-state index contributed by atoms with van der Waals surface area (Å²) in [5.74, 6) is 0.730. The van der Waals surface area contributed by atoms with Gasteiger partial charge in [0.25, 0.3) is 5.91 Å². The Bertz CT molecular complexity index is 554. The van der Waals surface area contributed by atoms with Gasteiger partial charge in [-0.25, -0.2) is 0 Å². The highest BCUT2D eigenvalue weighted by atomic mass is 16.2. The molecule has 2 aliphatic heterocycles. The summed E-state index contributed by atoms with van der Waals surface area (Å²) in [7, 11) is 4.07. The van der Waals surface area contributed by atoms with Crippen molar-refractivity contribution in [1.82, 2.24) is 19.6 Å². The van der Waals surface area contributed by atoms with E-state index in [9.17, 15) is 4.79 Å².